The number of aliphatic hydroxyl groups excluding tert-OH is 1. The van der Waals surface area contributed by atoms with Crippen LogP contribution in [0.15, 0.2) is 36.5 Å². The van der Waals surface area contributed by atoms with E-state index in [4.69, 9.17) is 23.3 Å². The molecule has 12 heteroatoms. The molecule has 3 atom stereocenters. The average Bonchev–Trinajstić information content (AvgIpc) is 3.43. The molecule has 0 heterocycles. The van der Waals surface area contributed by atoms with Gasteiger partial charge in [-0.25, -0.2) is 4.57 Å². The zero-order valence-corrected chi connectivity index (χ0v) is 51.8. The maximum absolute atomic E-state index is 13.0. The number of aliphatic hydroxyl groups is 1. The first kappa shape index (κ1) is 75.7. The van der Waals surface area contributed by atoms with E-state index in [1.807, 2.05) is 0 Å². The molecule has 0 amide bonds. The standard InChI is InChI=1S/C66H123O11P/c1-4-7-10-13-16-19-22-25-28-31-34-37-40-43-46-49-52-55-64(68)73-59-63(77-66(70)57-54-51-48-45-42-39-36-33-30-27-24-21-18-15-12-9-6-3)61-75-78(71,72)74-60-62(58-67)76-65(69)56-53-50-47-44-41-38-35-32-29-26-23-20-17-14-11-8-5-2/h16,19,25,27-28,30,62-63,67H,4-15,17-18,20-24,26,29,31-61H2,1-3H3,(H,71,72)/b19-16-,28-25-,30-27-. The number of carbonyl (C=O) groups excluding carboxylic acids is 3. The van der Waals surface area contributed by atoms with Crippen molar-refractivity contribution in [1.29, 1.82) is 0 Å². The van der Waals surface area contributed by atoms with Gasteiger partial charge in [-0.15, -0.1) is 0 Å². The molecule has 0 aromatic rings. The second-order valence-corrected chi connectivity index (χ2v) is 23.7. The summed E-state index contributed by atoms with van der Waals surface area (Å²) in [5.74, 6) is -1.45. The van der Waals surface area contributed by atoms with E-state index in [1.54, 1.807) is 0 Å². The van der Waals surface area contributed by atoms with Crippen LogP contribution in [0.25, 0.3) is 0 Å². The summed E-state index contributed by atoms with van der Waals surface area (Å²) < 4.78 is 39.7. The molecule has 0 rings (SSSR count). The van der Waals surface area contributed by atoms with Crippen LogP contribution in [0.4, 0.5) is 0 Å². The van der Waals surface area contributed by atoms with E-state index < -0.39 is 57.8 Å². The van der Waals surface area contributed by atoms with Crippen LogP contribution in [0.3, 0.4) is 0 Å². The Kier molecular flexibility index (Phi) is 59.0. The molecule has 0 aliphatic heterocycles. The van der Waals surface area contributed by atoms with E-state index in [1.165, 1.54) is 193 Å². The number of phosphoric acid groups is 1. The average molecular weight is 1120 g/mol. The van der Waals surface area contributed by atoms with Crippen LogP contribution < -0.4 is 0 Å². The topological polar surface area (TPSA) is 155 Å². The van der Waals surface area contributed by atoms with Gasteiger partial charge < -0.3 is 24.2 Å². The quantitative estimate of drug-likeness (QED) is 0.0197. The fraction of sp³-hybridized carbons (Fsp3) is 0.864. The number of allylic oxidation sites excluding steroid dienone is 6. The Bertz CT molecular complexity index is 1450. The first-order valence-corrected chi connectivity index (χ1v) is 34.4. The fourth-order valence-electron chi connectivity index (χ4n) is 9.50. The van der Waals surface area contributed by atoms with Crippen LogP contribution in [0.5, 0.6) is 0 Å². The minimum atomic E-state index is -4.75. The Morgan fingerprint density at radius 1 is 0.359 bits per heavy atom. The highest BCUT2D eigenvalue weighted by molar-refractivity contribution is 7.47. The van der Waals surface area contributed by atoms with Crippen molar-refractivity contribution >= 4 is 25.7 Å². The summed E-state index contributed by atoms with van der Waals surface area (Å²) in [6.07, 6.45) is 65.2. The van der Waals surface area contributed by atoms with E-state index in [-0.39, 0.29) is 25.9 Å². The second-order valence-electron chi connectivity index (χ2n) is 22.3. The molecule has 0 saturated carbocycles. The predicted octanol–water partition coefficient (Wildman–Crippen LogP) is 19.9. The summed E-state index contributed by atoms with van der Waals surface area (Å²) in [5.41, 5.74) is 0. The smallest absolute Gasteiger partial charge is 0.462 e. The molecular weight excluding hydrogens is 1000 g/mol. The van der Waals surface area contributed by atoms with Crippen molar-refractivity contribution < 1.29 is 52.2 Å². The van der Waals surface area contributed by atoms with Crippen LogP contribution in [0, 0.1) is 0 Å². The molecule has 11 nitrogen and oxygen atoms in total. The van der Waals surface area contributed by atoms with Crippen molar-refractivity contribution in [2.45, 2.75) is 341 Å². The van der Waals surface area contributed by atoms with Crippen molar-refractivity contribution in [3.8, 4) is 0 Å². The third kappa shape index (κ3) is 58.4. The fourth-order valence-corrected chi connectivity index (χ4v) is 10.3. The molecule has 0 bridgehead atoms. The van der Waals surface area contributed by atoms with Gasteiger partial charge in [0.15, 0.2) is 6.10 Å². The first-order valence-electron chi connectivity index (χ1n) is 32.9. The summed E-state index contributed by atoms with van der Waals surface area (Å²) in [4.78, 5) is 48.8. The van der Waals surface area contributed by atoms with E-state index in [0.29, 0.717) is 19.3 Å². The number of rotatable bonds is 62. The van der Waals surface area contributed by atoms with E-state index in [9.17, 15) is 28.9 Å². The minimum absolute atomic E-state index is 0.164. The number of phosphoric ester groups is 1. The molecular formula is C66H123O11P. The van der Waals surface area contributed by atoms with Gasteiger partial charge in [0.05, 0.1) is 19.8 Å². The Morgan fingerprint density at radius 2 is 0.628 bits per heavy atom. The van der Waals surface area contributed by atoms with Gasteiger partial charge in [0.1, 0.15) is 12.7 Å². The lowest BCUT2D eigenvalue weighted by molar-refractivity contribution is -0.161. The Morgan fingerprint density at radius 3 is 0.987 bits per heavy atom. The monoisotopic (exact) mass is 1120 g/mol. The third-order valence-corrected chi connectivity index (χ3v) is 15.5. The van der Waals surface area contributed by atoms with Gasteiger partial charge >= 0.3 is 25.7 Å². The van der Waals surface area contributed by atoms with Crippen LogP contribution in [0.2, 0.25) is 0 Å². The lowest BCUT2D eigenvalue weighted by Crippen LogP contribution is -2.30. The lowest BCUT2D eigenvalue weighted by Gasteiger charge is -2.21. The van der Waals surface area contributed by atoms with Crippen LogP contribution in [-0.4, -0.2) is 66.5 Å². The predicted molar refractivity (Wildman–Crippen MR) is 326 cm³/mol. The number of ether oxygens (including phenoxy) is 3. The molecule has 78 heavy (non-hydrogen) atoms. The third-order valence-electron chi connectivity index (χ3n) is 14.5. The maximum atomic E-state index is 13.0. The minimum Gasteiger partial charge on any atom is -0.462 e. The summed E-state index contributed by atoms with van der Waals surface area (Å²) >= 11 is 0. The SMILES string of the molecule is CCCCC/C=C\C/C=C\CCCCCCCCCC(=O)OCC(COP(=O)(O)OCC(CO)OC(=O)CCCCCCCCCCCCCCCCCCC)OC(=O)CCCCCCCCC/C=C\CCCCCCCC. The molecule has 0 saturated heterocycles. The summed E-state index contributed by atoms with van der Waals surface area (Å²) in [5, 5.41) is 9.86. The van der Waals surface area contributed by atoms with Gasteiger partial charge in [-0.05, 0) is 77.0 Å². The van der Waals surface area contributed by atoms with Crippen LogP contribution in [0.1, 0.15) is 329 Å². The van der Waals surface area contributed by atoms with Crippen molar-refractivity contribution in [1.82, 2.24) is 0 Å². The summed E-state index contributed by atoms with van der Waals surface area (Å²) in [6.45, 7) is 4.68. The lowest BCUT2D eigenvalue weighted by atomic mass is 10.0. The molecule has 0 aromatic carbocycles. The van der Waals surface area contributed by atoms with Gasteiger partial charge in [0, 0.05) is 19.3 Å². The van der Waals surface area contributed by atoms with Crippen molar-refractivity contribution in [2.24, 2.45) is 0 Å². The number of carbonyl (C=O) groups is 3. The second kappa shape index (κ2) is 60.8. The van der Waals surface area contributed by atoms with E-state index in [0.717, 1.165) is 77.0 Å². The highest BCUT2D eigenvalue weighted by Crippen LogP contribution is 2.43. The molecule has 0 aromatic heterocycles. The molecule has 2 N–H and O–H groups in total. The maximum Gasteiger partial charge on any atom is 0.472 e. The number of hydrogen-bond acceptors (Lipinski definition) is 10. The van der Waals surface area contributed by atoms with Crippen molar-refractivity contribution in [3.05, 3.63) is 36.5 Å². The van der Waals surface area contributed by atoms with Crippen molar-refractivity contribution in [2.75, 3.05) is 26.4 Å². The van der Waals surface area contributed by atoms with Crippen molar-refractivity contribution in [3.63, 3.8) is 0 Å². The Balaban J connectivity index is 4.66. The normalized spacial score (nSPS) is 13.4. The van der Waals surface area contributed by atoms with E-state index >= 15 is 0 Å². The number of unbranched alkanes of at least 4 members (excludes halogenated alkanes) is 39. The highest BCUT2D eigenvalue weighted by atomic mass is 31.2. The Labute approximate surface area is 480 Å². The number of hydrogen-bond donors (Lipinski definition) is 2. The van der Waals surface area contributed by atoms with Gasteiger partial charge in [0.25, 0.3) is 0 Å². The molecule has 0 radical (unpaired) electrons. The molecule has 0 fully saturated rings. The molecule has 0 spiro atoms. The van der Waals surface area contributed by atoms with E-state index in [2.05, 4.69) is 57.2 Å². The summed E-state index contributed by atoms with van der Waals surface area (Å²) in [7, 11) is -4.75. The molecule has 0 aliphatic rings. The summed E-state index contributed by atoms with van der Waals surface area (Å²) in [6, 6.07) is 0. The largest absolute Gasteiger partial charge is 0.472 e. The molecule has 458 valence electrons. The molecule has 3 unspecified atom stereocenters. The van der Waals surface area contributed by atoms with Crippen LogP contribution >= 0.6 is 7.82 Å². The zero-order chi connectivity index (χ0) is 56.9. The van der Waals surface area contributed by atoms with Gasteiger partial charge in [-0.2, -0.15) is 0 Å². The van der Waals surface area contributed by atoms with Crippen LogP contribution in [-0.2, 0) is 42.2 Å². The zero-order valence-electron chi connectivity index (χ0n) is 50.9. The van der Waals surface area contributed by atoms with Gasteiger partial charge in [-0.3, -0.25) is 23.4 Å². The number of esters is 3. The van der Waals surface area contributed by atoms with Gasteiger partial charge in [-0.1, -0.05) is 269 Å². The highest BCUT2D eigenvalue weighted by Gasteiger charge is 2.28. The first-order chi connectivity index (χ1) is 38.2. The molecule has 0 aliphatic carbocycles. The Hall–Kier alpha value is -2.30. The van der Waals surface area contributed by atoms with Gasteiger partial charge in [0.2, 0.25) is 0 Å².